The fraction of sp³-hybridized carbons (Fsp3) is 0.579. The zero-order chi connectivity index (χ0) is 22.7. The van der Waals surface area contributed by atoms with Crippen LogP contribution in [-0.2, 0) is 15.8 Å². The second-order valence-electron chi connectivity index (χ2n) is 8.24. The molecule has 1 saturated heterocycles. The topological polar surface area (TPSA) is 105 Å². The molecule has 1 heterocycles. The largest absolute Gasteiger partial charge is 0.416 e. The molecule has 1 aromatic carbocycles. The Labute approximate surface area is 172 Å². The van der Waals surface area contributed by atoms with E-state index in [0.29, 0.717) is 18.9 Å². The van der Waals surface area contributed by atoms with Gasteiger partial charge in [0.1, 0.15) is 5.69 Å². The van der Waals surface area contributed by atoms with Crippen LogP contribution < -0.4 is 15.5 Å². The molecule has 166 valence electrons. The first-order valence-electron chi connectivity index (χ1n) is 9.47. The summed E-state index contributed by atoms with van der Waals surface area (Å²) in [4.78, 5) is 36.1. The number of hydrogen-bond donors (Lipinski definition) is 2. The number of amides is 2. The van der Waals surface area contributed by atoms with Gasteiger partial charge in [0.05, 0.1) is 17.0 Å². The van der Waals surface area contributed by atoms with Crippen molar-refractivity contribution >= 4 is 23.2 Å². The number of benzene rings is 1. The molecule has 1 aliphatic heterocycles. The highest BCUT2D eigenvalue weighted by Crippen LogP contribution is 2.37. The predicted molar refractivity (Wildman–Crippen MR) is 104 cm³/mol. The van der Waals surface area contributed by atoms with Crippen LogP contribution in [0.4, 0.5) is 24.5 Å². The number of piperidine rings is 1. The molecule has 30 heavy (non-hydrogen) atoms. The lowest BCUT2D eigenvalue weighted by Crippen LogP contribution is -2.47. The second-order valence-corrected chi connectivity index (χ2v) is 8.24. The Morgan fingerprint density at radius 2 is 1.80 bits per heavy atom. The van der Waals surface area contributed by atoms with Crippen molar-refractivity contribution in [2.75, 3.05) is 24.5 Å². The first-order chi connectivity index (χ1) is 13.8. The Hall–Kier alpha value is -2.85. The lowest BCUT2D eigenvalue weighted by Gasteiger charge is -2.32. The van der Waals surface area contributed by atoms with Gasteiger partial charge in [-0.3, -0.25) is 19.7 Å². The van der Waals surface area contributed by atoms with Crippen LogP contribution in [0.5, 0.6) is 0 Å². The molecule has 0 radical (unpaired) electrons. The van der Waals surface area contributed by atoms with Crippen LogP contribution in [-0.4, -0.2) is 41.9 Å². The summed E-state index contributed by atoms with van der Waals surface area (Å²) in [5.74, 6) is -0.980. The number of halogens is 3. The minimum Gasteiger partial charge on any atom is -0.366 e. The third kappa shape index (κ3) is 6.33. The van der Waals surface area contributed by atoms with E-state index in [1.807, 2.05) is 20.8 Å². The van der Waals surface area contributed by atoms with E-state index in [2.05, 4.69) is 10.6 Å². The molecule has 2 amide bonds. The molecular weight excluding hydrogens is 405 g/mol. The zero-order valence-electron chi connectivity index (χ0n) is 17.0. The fourth-order valence-corrected chi connectivity index (χ4v) is 3.27. The van der Waals surface area contributed by atoms with Gasteiger partial charge in [0.2, 0.25) is 11.8 Å². The van der Waals surface area contributed by atoms with Crippen molar-refractivity contribution in [3.8, 4) is 0 Å². The summed E-state index contributed by atoms with van der Waals surface area (Å²) in [6, 6.07) is 2.44. The molecule has 1 aliphatic rings. The number of hydrogen-bond acceptors (Lipinski definition) is 5. The third-order valence-corrected chi connectivity index (χ3v) is 4.64. The molecule has 0 atom stereocenters. The third-order valence-electron chi connectivity index (χ3n) is 4.64. The number of carbonyl (C=O) groups excluding carboxylic acids is 2. The molecule has 0 spiro atoms. The van der Waals surface area contributed by atoms with Gasteiger partial charge in [0, 0.05) is 30.6 Å². The van der Waals surface area contributed by atoms with Gasteiger partial charge in [-0.25, -0.2) is 0 Å². The monoisotopic (exact) mass is 430 g/mol. The highest BCUT2D eigenvalue weighted by atomic mass is 19.4. The van der Waals surface area contributed by atoms with Crippen LogP contribution >= 0.6 is 0 Å². The highest BCUT2D eigenvalue weighted by molar-refractivity contribution is 5.86. The first kappa shape index (κ1) is 23.4. The van der Waals surface area contributed by atoms with Crippen LogP contribution in [0.1, 0.15) is 39.2 Å². The summed E-state index contributed by atoms with van der Waals surface area (Å²) in [5.41, 5.74) is -2.02. The minimum absolute atomic E-state index is 0.0939. The Balaban J connectivity index is 1.98. The van der Waals surface area contributed by atoms with E-state index in [4.69, 9.17) is 0 Å². The zero-order valence-corrected chi connectivity index (χ0v) is 17.0. The quantitative estimate of drug-likeness (QED) is 0.552. The molecule has 0 aliphatic carbocycles. The van der Waals surface area contributed by atoms with Crippen molar-refractivity contribution in [2.45, 2.75) is 45.3 Å². The molecule has 0 saturated carbocycles. The van der Waals surface area contributed by atoms with Gasteiger partial charge in [-0.05, 0) is 45.7 Å². The molecule has 2 N–H and O–H groups in total. The van der Waals surface area contributed by atoms with Crippen LogP contribution in [0.25, 0.3) is 0 Å². The molecule has 0 unspecified atom stereocenters. The lowest BCUT2D eigenvalue weighted by atomic mass is 9.95. The van der Waals surface area contributed by atoms with Crippen LogP contribution in [0, 0.1) is 16.0 Å². The number of anilines is 1. The first-order valence-corrected chi connectivity index (χ1v) is 9.47. The fourth-order valence-electron chi connectivity index (χ4n) is 3.27. The maximum Gasteiger partial charge on any atom is 0.416 e. The summed E-state index contributed by atoms with van der Waals surface area (Å²) in [6.07, 6.45) is -3.94. The number of alkyl halides is 3. The van der Waals surface area contributed by atoms with E-state index in [-0.39, 0.29) is 43.1 Å². The summed E-state index contributed by atoms with van der Waals surface area (Å²) in [6.45, 7) is 5.87. The Morgan fingerprint density at radius 3 is 2.30 bits per heavy atom. The van der Waals surface area contributed by atoms with Gasteiger partial charge in [-0.1, -0.05) is 0 Å². The molecule has 0 aromatic heterocycles. The SMILES string of the molecule is CC(C)(C)NC(=O)CNC(=O)C1CCN(c2ccc(C(F)(F)F)cc2[N+](=O)[O-])CC1. The summed E-state index contributed by atoms with van der Waals surface area (Å²) >= 11 is 0. The number of nitro groups is 1. The van der Waals surface area contributed by atoms with E-state index in [1.54, 1.807) is 4.90 Å². The van der Waals surface area contributed by atoms with Gasteiger partial charge >= 0.3 is 6.18 Å². The summed E-state index contributed by atoms with van der Waals surface area (Å²) in [5, 5.41) is 16.6. The standard InChI is InChI=1S/C19H25F3N4O4/c1-18(2,3)24-16(27)11-23-17(28)12-6-8-25(9-7-12)14-5-4-13(19(20,21)22)10-15(14)26(29)30/h4-5,10,12H,6-9,11H2,1-3H3,(H,23,28)(H,24,27). The molecule has 2 rings (SSSR count). The summed E-state index contributed by atoms with van der Waals surface area (Å²) in [7, 11) is 0. The van der Waals surface area contributed by atoms with Gasteiger partial charge in [0.25, 0.3) is 5.69 Å². The number of rotatable bonds is 5. The number of nitrogens with zero attached hydrogens (tertiary/aromatic N) is 2. The maximum atomic E-state index is 12.9. The highest BCUT2D eigenvalue weighted by Gasteiger charge is 2.35. The van der Waals surface area contributed by atoms with Crippen LogP contribution in [0.2, 0.25) is 0 Å². The van der Waals surface area contributed by atoms with E-state index in [0.717, 1.165) is 12.1 Å². The van der Waals surface area contributed by atoms with E-state index in [9.17, 15) is 32.9 Å². The van der Waals surface area contributed by atoms with E-state index in [1.165, 1.54) is 0 Å². The van der Waals surface area contributed by atoms with Crippen molar-refractivity contribution < 1.29 is 27.7 Å². The molecule has 1 fully saturated rings. The molecular formula is C19H25F3N4O4. The number of nitrogens with one attached hydrogen (secondary N) is 2. The van der Waals surface area contributed by atoms with Crippen LogP contribution in [0.3, 0.4) is 0 Å². The maximum absolute atomic E-state index is 12.9. The number of carbonyl (C=O) groups is 2. The van der Waals surface area contributed by atoms with Gasteiger partial charge in [0.15, 0.2) is 0 Å². The predicted octanol–water partition coefficient (Wildman–Crippen LogP) is 2.86. The Bertz CT molecular complexity index is 813. The smallest absolute Gasteiger partial charge is 0.366 e. The van der Waals surface area contributed by atoms with Crippen molar-refractivity contribution in [1.82, 2.24) is 10.6 Å². The summed E-state index contributed by atoms with van der Waals surface area (Å²) < 4.78 is 38.6. The average molecular weight is 430 g/mol. The lowest BCUT2D eigenvalue weighted by molar-refractivity contribution is -0.384. The van der Waals surface area contributed by atoms with Gasteiger partial charge in [-0.15, -0.1) is 0 Å². The Kier molecular flexibility index (Phi) is 6.94. The minimum atomic E-state index is -4.67. The normalized spacial score (nSPS) is 15.6. The molecule has 0 bridgehead atoms. The van der Waals surface area contributed by atoms with E-state index < -0.39 is 27.9 Å². The Morgan fingerprint density at radius 1 is 1.20 bits per heavy atom. The number of nitro benzene ring substituents is 1. The van der Waals surface area contributed by atoms with Crippen molar-refractivity contribution in [3.63, 3.8) is 0 Å². The van der Waals surface area contributed by atoms with Crippen molar-refractivity contribution in [1.29, 1.82) is 0 Å². The van der Waals surface area contributed by atoms with Crippen molar-refractivity contribution in [3.05, 3.63) is 33.9 Å². The van der Waals surface area contributed by atoms with Gasteiger partial charge in [-0.2, -0.15) is 13.2 Å². The van der Waals surface area contributed by atoms with Crippen LogP contribution in [0.15, 0.2) is 18.2 Å². The second kappa shape index (κ2) is 8.88. The van der Waals surface area contributed by atoms with Gasteiger partial charge < -0.3 is 15.5 Å². The molecule has 1 aromatic rings. The average Bonchev–Trinajstić information content (AvgIpc) is 2.63. The van der Waals surface area contributed by atoms with E-state index >= 15 is 0 Å². The molecule has 11 heteroatoms. The molecule has 8 nitrogen and oxygen atoms in total. The van der Waals surface area contributed by atoms with Crippen molar-refractivity contribution in [2.24, 2.45) is 5.92 Å².